The molecule has 1 N–H and O–H groups in total. The molecule has 1 aromatic rings. The number of anilines is 1. The maximum atomic E-state index is 5.59. The molecule has 1 aliphatic rings. The number of benzene rings is 1. The van der Waals surface area contributed by atoms with Gasteiger partial charge in [0, 0.05) is 25.2 Å². The molecule has 0 amide bonds. The Morgan fingerprint density at radius 2 is 2.15 bits per heavy atom. The highest BCUT2D eigenvalue weighted by atomic mass is 16.5. The van der Waals surface area contributed by atoms with Crippen LogP contribution in [-0.4, -0.2) is 32.3 Å². The Balaban J connectivity index is 2.36. The molecule has 1 saturated heterocycles. The maximum absolute atomic E-state index is 5.59. The predicted octanol–water partition coefficient (Wildman–Crippen LogP) is 3.22. The molecule has 0 spiro atoms. The van der Waals surface area contributed by atoms with Crippen LogP contribution < -0.4 is 15.0 Å². The molecular formula is C17H28N2O. The number of rotatable bonds is 4. The first-order chi connectivity index (χ1) is 9.56. The lowest BCUT2D eigenvalue weighted by Crippen LogP contribution is -2.58. The maximum Gasteiger partial charge on any atom is 0.142 e. The fraction of sp³-hybridized carbons (Fsp3) is 0.647. The monoisotopic (exact) mass is 276 g/mol. The zero-order valence-corrected chi connectivity index (χ0v) is 13.4. The minimum Gasteiger partial charge on any atom is -0.495 e. The van der Waals surface area contributed by atoms with Gasteiger partial charge in [0.15, 0.2) is 0 Å². The van der Waals surface area contributed by atoms with Gasteiger partial charge < -0.3 is 15.0 Å². The normalized spacial score (nSPS) is 23.2. The number of aryl methyl sites for hydroxylation is 1. The summed E-state index contributed by atoms with van der Waals surface area (Å²) in [6.07, 6.45) is 1.16. The number of nitrogens with one attached hydrogen (secondary N) is 1. The van der Waals surface area contributed by atoms with E-state index in [0.29, 0.717) is 18.0 Å². The second-order valence-corrected chi connectivity index (χ2v) is 6.15. The Labute approximate surface area is 123 Å². The van der Waals surface area contributed by atoms with E-state index in [0.717, 1.165) is 25.3 Å². The number of ether oxygens (including phenoxy) is 1. The van der Waals surface area contributed by atoms with Gasteiger partial charge in [0.2, 0.25) is 0 Å². The highest BCUT2D eigenvalue weighted by molar-refractivity contribution is 5.61. The molecule has 0 aromatic heterocycles. The lowest BCUT2D eigenvalue weighted by atomic mass is 9.96. The first-order valence-electron chi connectivity index (χ1n) is 7.71. The molecule has 1 fully saturated rings. The molecule has 0 saturated carbocycles. The van der Waals surface area contributed by atoms with Gasteiger partial charge in [-0.05, 0) is 37.0 Å². The summed E-state index contributed by atoms with van der Waals surface area (Å²) in [4.78, 5) is 2.54. The van der Waals surface area contributed by atoms with E-state index < -0.39 is 0 Å². The Bertz CT molecular complexity index is 445. The van der Waals surface area contributed by atoms with Gasteiger partial charge in [-0.15, -0.1) is 0 Å². The molecule has 0 aliphatic carbocycles. The lowest BCUT2D eigenvalue weighted by Gasteiger charge is -2.44. The average Bonchev–Trinajstić information content (AvgIpc) is 2.46. The second kappa shape index (κ2) is 6.49. The quantitative estimate of drug-likeness (QED) is 0.914. The zero-order valence-electron chi connectivity index (χ0n) is 13.4. The van der Waals surface area contributed by atoms with Gasteiger partial charge in [0.05, 0.1) is 12.8 Å². The summed E-state index contributed by atoms with van der Waals surface area (Å²) in [5.74, 6) is 1.60. The van der Waals surface area contributed by atoms with Crippen molar-refractivity contribution >= 4 is 5.69 Å². The van der Waals surface area contributed by atoms with Gasteiger partial charge >= 0.3 is 0 Å². The van der Waals surface area contributed by atoms with Crippen molar-refractivity contribution in [1.29, 1.82) is 0 Å². The summed E-state index contributed by atoms with van der Waals surface area (Å²) in [7, 11) is 1.76. The van der Waals surface area contributed by atoms with E-state index in [-0.39, 0.29) is 0 Å². The fourth-order valence-corrected chi connectivity index (χ4v) is 3.01. The van der Waals surface area contributed by atoms with E-state index in [1.165, 1.54) is 11.3 Å². The van der Waals surface area contributed by atoms with E-state index >= 15 is 0 Å². The number of piperazine rings is 1. The van der Waals surface area contributed by atoms with Crippen molar-refractivity contribution in [1.82, 2.24) is 5.32 Å². The van der Waals surface area contributed by atoms with Crippen molar-refractivity contribution in [2.75, 3.05) is 25.1 Å². The first kappa shape index (κ1) is 15.2. The molecule has 1 aliphatic heterocycles. The SMILES string of the molecule is CCC1CN(c2cc(C)ccc2OC)C(C(C)C)CN1. The van der Waals surface area contributed by atoms with Crippen LogP contribution in [-0.2, 0) is 0 Å². The summed E-state index contributed by atoms with van der Waals surface area (Å²) < 4.78 is 5.59. The van der Waals surface area contributed by atoms with Crippen LogP contribution in [0, 0.1) is 12.8 Å². The molecule has 1 aromatic carbocycles. The highest BCUT2D eigenvalue weighted by Gasteiger charge is 2.30. The Kier molecular flexibility index (Phi) is 4.92. The molecule has 2 atom stereocenters. The van der Waals surface area contributed by atoms with Crippen LogP contribution >= 0.6 is 0 Å². The van der Waals surface area contributed by atoms with Crippen molar-refractivity contribution in [2.24, 2.45) is 5.92 Å². The molecule has 3 heteroatoms. The molecule has 2 rings (SSSR count). The molecule has 112 valence electrons. The summed E-state index contributed by atoms with van der Waals surface area (Å²) in [6.45, 7) is 11.1. The molecule has 0 radical (unpaired) electrons. The van der Waals surface area contributed by atoms with Gasteiger partial charge in [-0.3, -0.25) is 0 Å². The van der Waals surface area contributed by atoms with E-state index in [9.17, 15) is 0 Å². The summed E-state index contributed by atoms with van der Waals surface area (Å²) in [6, 6.07) is 7.55. The molecule has 3 nitrogen and oxygen atoms in total. The highest BCUT2D eigenvalue weighted by Crippen LogP contribution is 2.33. The van der Waals surface area contributed by atoms with Crippen molar-refractivity contribution in [2.45, 2.75) is 46.2 Å². The van der Waals surface area contributed by atoms with Crippen LogP contribution in [0.3, 0.4) is 0 Å². The average molecular weight is 276 g/mol. The minimum absolute atomic E-state index is 0.522. The van der Waals surface area contributed by atoms with Crippen LogP contribution in [0.4, 0.5) is 5.69 Å². The minimum atomic E-state index is 0.522. The molecule has 0 bridgehead atoms. The van der Waals surface area contributed by atoms with E-state index in [1.807, 2.05) is 0 Å². The third-order valence-electron chi connectivity index (χ3n) is 4.34. The molecule has 1 heterocycles. The van der Waals surface area contributed by atoms with Crippen molar-refractivity contribution in [3.8, 4) is 5.75 Å². The summed E-state index contributed by atoms with van der Waals surface area (Å²) in [5, 5.41) is 3.67. The zero-order chi connectivity index (χ0) is 14.7. The van der Waals surface area contributed by atoms with Crippen molar-refractivity contribution in [3.05, 3.63) is 23.8 Å². The number of nitrogens with zero attached hydrogens (tertiary/aromatic N) is 1. The van der Waals surface area contributed by atoms with Gasteiger partial charge in [0.25, 0.3) is 0 Å². The predicted molar refractivity (Wildman–Crippen MR) is 85.8 cm³/mol. The van der Waals surface area contributed by atoms with E-state index in [4.69, 9.17) is 4.74 Å². The van der Waals surface area contributed by atoms with Crippen molar-refractivity contribution < 1.29 is 4.74 Å². The Morgan fingerprint density at radius 1 is 1.40 bits per heavy atom. The van der Waals surface area contributed by atoms with Crippen molar-refractivity contribution in [3.63, 3.8) is 0 Å². The van der Waals surface area contributed by atoms with Crippen LogP contribution in [0.2, 0.25) is 0 Å². The third kappa shape index (κ3) is 3.09. The smallest absolute Gasteiger partial charge is 0.142 e. The standard InChI is InChI=1S/C17H28N2O/c1-6-14-11-19(16(10-18-14)12(2)3)15-9-13(4)7-8-17(15)20-5/h7-9,12,14,16,18H,6,10-11H2,1-5H3. The van der Waals surface area contributed by atoms with Crippen LogP contribution in [0.15, 0.2) is 18.2 Å². The molecule has 2 unspecified atom stereocenters. The molecule has 20 heavy (non-hydrogen) atoms. The van der Waals surface area contributed by atoms with E-state index in [1.54, 1.807) is 7.11 Å². The number of hydrogen-bond donors (Lipinski definition) is 1. The Morgan fingerprint density at radius 3 is 2.75 bits per heavy atom. The van der Waals surface area contributed by atoms with Crippen LogP contribution in [0.1, 0.15) is 32.8 Å². The number of hydrogen-bond acceptors (Lipinski definition) is 3. The third-order valence-corrected chi connectivity index (χ3v) is 4.34. The van der Waals surface area contributed by atoms with Gasteiger partial charge in [0.1, 0.15) is 5.75 Å². The van der Waals surface area contributed by atoms with Gasteiger partial charge in [-0.1, -0.05) is 26.8 Å². The van der Waals surface area contributed by atoms with E-state index in [2.05, 4.69) is 56.1 Å². The second-order valence-electron chi connectivity index (χ2n) is 6.15. The topological polar surface area (TPSA) is 24.5 Å². The van der Waals surface area contributed by atoms with Gasteiger partial charge in [-0.2, -0.15) is 0 Å². The van der Waals surface area contributed by atoms with Gasteiger partial charge in [-0.25, -0.2) is 0 Å². The van der Waals surface area contributed by atoms with Crippen LogP contribution in [0.25, 0.3) is 0 Å². The largest absolute Gasteiger partial charge is 0.495 e. The number of methoxy groups -OCH3 is 1. The molecular weight excluding hydrogens is 248 g/mol. The lowest BCUT2D eigenvalue weighted by molar-refractivity contribution is 0.328. The first-order valence-corrected chi connectivity index (χ1v) is 7.71. The summed E-state index contributed by atoms with van der Waals surface area (Å²) in [5.41, 5.74) is 2.53. The fourth-order valence-electron chi connectivity index (χ4n) is 3.01. The Hall–Kier alpha value is -1.22. The van der Waals surface area contributed by atoms with Crippen LogP contribution in [0.5, 0.6) is 5.75 Å². The summed E-state index contributed by atoms with van der Waals surface area (Å²) >= 11 is 0.